The van der Waals surface area contributed by atoms with E-state index in [1.807, 2.05) is 66.7 Å². The highest BCUT2D eigenvalue weighted by molar-refractivity contribution is 8.03. The van der Waals surface area contributed by atoms with E-state index in [1.54, 1.807) is 0 Å². The lowest BCUT2D eigenvalue weighted by molar-refractivity contribution is -0.141. The van der Waals surface area contributed by atoms with Crippen LogP contribution in [0.5, 0.6) is 0 Å². The van der Waals surface area contributed by atoms with Gasteiger partial charge >= 0.3 is 13.8 Å². The molecule has 3 aromatic rings. The van der Waals surface area contributed by atoms with Gasteiger partial charge in [-0.2, -0.15) is 0 Å². The van der Waals surface area contributed by atoms with Gasteiger partial charge in [0.05, 0.1) is 5.52 Å². The molecule has 138 valence electrons. The number of carboxylic acid groups (broad SMARTS) is 1. The minimum atomic E-state index is -1.61. The largest absolute Gasteiger partial charge is 0.481 e. The smallest absolute Gasteiger partial charge is 0.350 e. The van der Waals surface area contributed by atoms with E-state index in [4.69, 9.17) is 0 Å². The number of carboxylic acids is 1. The predicted octanol–water partition coefficient (Wildman–Crippen LogP) is 5.45. The lowest BCUT2D eigenvalue weighted by Gasteiger charge is -2.07. The zero-order valence-corrected chi connectivity index (χ0v) is 16.5. The number of hydrogen-bond acceptors (Lipinski definition) is 4. The molecule has 0 bridgehead atoms. The zero-order chi connectivity index (χ0) is 19.1. The van der Waals surface area contributed by atoms with E-state index in [0.717, 1.165) is 21.5 Å². The summed E-state index contributed by atoms with van der Waals surface area (Å²) >= 11 is 1.42. The first-order chi connectivity index (χ1) is 13.1. The first-order valence-electron chi connectivity index (χ1n) is 8.79. The molecule has 0 fully saturated rings. The zero-order valence-electron chi connectivity index (χ0n) is 14.8. The third-order valence-electron chi connectivity index (χ3n) is 4.33. The molecule has 2 aromatic carbocycles. The highest BCUT2D eigenvalue weighted by Crippen LogP contribution is 2.34. The fourth-order valence-corrected chi connectivity index (χ4v) is 5.53. The fourth-order valence-electron chi connectivity index (χ4n) is 2.84. The second-order valence-electron chi connectivity index (χ2n) is 6.34. The number of nitrogens with zero attached hydrogens (tertiary/aromatic N) is 1. The highest BCUT2D eigenvalue weighted by atomic mass is 32.2. The van der Waals surface area contributed by atoms with E-state index in [9.17, 15) is 14.5 Å². The number of aliphatic carboxylic acids is 1. The number of rotatable bonds is 9. The number of aryl methyl sites for hydroxylation is 1. The topological polar surface area (TPSA) is 67.3 Å². The lowest BCUT2D eigenvalue weighted by Crippen LogP contribution is -2.17. The first-order valence-corrected chi connectivity index (χ1v) is 11.4. The van der Waals surface area contributed by atoms with Crippen LogP contribution in [0.2, 0.25) is 0 Å². The van der Waals surface area contributed by atoms with Crippen LogP contribution in [0.25, 0.3) is 10.9 Å². The van der Waals surface area contributed by atoms with E-state index in [1.165, 1.54) is 11.8 Å². The molecular formula is C21H21NO3PS+. The average Bonchev–Trinajstić information content (AvgIpc) is 2.70. The lowest BCUT2D eigenvalue weighted by atomic mass is 10.0. The SMILES string of the molecule is O=C(O)C(CCc1ccccc1)C[P+](=O)CSc1ccc2ccccc2n1. The molecule has 0 amide bonds. The van der Waals surface area contributed by atoms with Crippen LogP contribution in [0.1, 0.15) is 12.0 Å². The molecule has 0 aliphatic heterocycles. The Labute approximate surface area is 163 Å². The number of fused-ring (bicyclic) bond motifs is 1. The van der Waals surface area contributed by atoms with Crippen molar-refractivity contribution in [3.05, 3.63) is 72.3 Å². The molecule has 0 saturated carbocycles. The summed E-state index contributed by atoms with van der Waals surface area (Å²) in [7, 11) is -1.61. The van der Waals surface area contributed by atoms with Gasteiger partial charge in [-0.3, -0.25) is 4.79 Å². The molecule has 6 heteroatoms. The average molecular weight is 398 g/mol. The monoisotopic (exact) mass is 398 g/mol. The third-order valence-corrected chi connectivity index (χ3v) is 7.37. The summed E-state index contributed by atoms with van der Waals surface area (Å²) in [6.07, 6.45) is 1.39. The predicted molar refractivity (Wildman–Crippen MR) is 111 cm³/mol. The van der Waals surface area contributed by atoms with Gasteiger partial charge in [0, 0.05) is 5.39 Å². The van der Waals surface area contributed by atoms with Crippen LogP contribution in [-0.4, -0.2) is 27.7 Å². The minimum absolute atomic E-state index is 0.206. The second-order valence-corrected chi connectivity index (χ2v) is 9.41. The Hall–Kier alpha value is -2.23. The van der Waals surface area contributed by atoms with Crippen LogP contribution in [-0.2, 0) is 15.8 Å². The number of benzene rings is 2. The Morgan fingerprint density at radius 3 is 2.56 bits per heavy atom. The molecule has 3 rings (SSSR count). The molecule has 1 heterocycles. The number of thioether (sulfide) groups is 1. The molecule has 1 aromatic heterocycles. The van der Waals surface area contributed by atoms with Crippen molar-refractivity contribution in [2.24, 2.45) is 5.92 Å². The Morgan fingerprint density at radius 2 is 1.78 bits per heavy atom. The Balaban J connectivity index is 1.53. The molecule has 27 heavy (non-hydrogen) atoms. The van der Waals surface area contributed by atoms with Gasteiger partial charge < -0.3 is 5.11 Å². The molecule has 2 unspecified atom stereocenters. The minimum Gasteiger partial charge on any atom is -0.481 e. The summed E-state index contributed by atoms with van der Waals surface area (Å²) in [6.45, 7) is 0. The maximum Gasteiger partial charge on any atom is 0.350 e. The number of pyridine rings is 1. The van der Waals surface area contributed by atoms with Gasteiger partial charge in [-0.25, -0.2) is 4.98 Å². The standard InChI is InChI=1S/C21H20NO3PS/c23-21(24)18(11-10-16-6-2-1-3-7-16)14-26(25)15-27-20-13-12-17-8-4-5-9-19(17)22-20/h1-9,12-13,18H,10-11,14-15H2/p+1. The molecule has 0 radical (unpaired) electrons. The van der Waals surface area contributed by atoms with Crippen LogP contribution in [0.15, 0.2) is 71.8 Å². The number of carbonyl (C=O) groups is 1. The van der Waals surface area contributed by atoms with Gasteiger partial charge in [-0.05, 0) is 30.5 Å². The van der Waals surface area contributed by atoms with Gasteiger partial charge in [0.2, 0.25) is 0 Å². The summed E-state index contributed by atoms with van der Waals surface area (Å²) in [4.78, 5) is 16.1. The quantitative estimate of drug-likeness (QED) is 0.384. The highest BCUT2D eigenvalue weighted by Gasteiger charge is 2.28. The number of aromatic nitrogens is 1. The Morgan fingerprint density at radius 1 is 1.04 bits per heavy atom. The maximum absolute atomic E-state index is 12.4. The molecule has 0 saturated heterocycles. The molecule has 2 atom stereocenters. The van der Waals surface area contributed by atoms with E-state index >= 15 is 0 Å². The Kier molecular flexibility index (Phi) is 6.97. The van der Waals surface area contributed by atoms with E-state index < -0.39 is 19.7 Å². The summed E-state index contributed by atoms with van der Waals surface area (Å²) in [5.41, 5.74) is 2.40. The number of hydrogen-bond donors (Lipinski definition) is 1. The van der Waals surface area contributed by atoms with Crippen molar-refractivity contribution < 1.29 is 14.5 Å². The summed E-state index contributed by atoms with van der Waals surface area (Å²) < 4.78 is 12.4. The molecular weight excluding hydrogens is 377 g/mol. The van der Waals surface area contributed by atoms with Crippen LogP contribution >= 0.6 is 19.6 Å². The van der Waals surface area contributed by atoms with Gasteiger partial charge in [0.15, 0.2) is 11.7 Å². The van der Waals surface area contributed by atoms with Gasteiger partial charge in [0.25, 0.3) is 0 Å². The van der Waals surface area contributed by atoms with Crippen molar-refractivity contribution in [1.82, 2.24) is 4.98 Å². The molecule has 1 N–H and O–H groups in total. The maximum atomic E-state index is 12.4. The van der Waals surface area contributed by atoms with Gasteiger partial charge in [0.1, 0.15) is 10.9 Å². The van der Waals surface area contributed by atoms with Crippen molar-refractivity contribution >= 4 is 36.4 Å². The van der Waals surface area contributed by atoms with Gasteiger partial charge in [-0.15, -0.1) is 0 Å². The molecule has 0 aliphatic carbocycles. The fraction of sp³-hybridized carbons (Fsp3) is 0.238. The van der Waals surface area contributed by atoms with Crippen LogP contribution in [0, 0.1) is 5.92 Å². The van der Waals surface area contributed by atoms with Crippen molar-refractivity contribution in [2.45, 2.75) is 17.9 Å². The normalized spacial score (nSPS) is 12.7. The van der Waals surface area contributed by atoms with E-state index in [-0.39, 0.29) is 6.16 Å². The van der Waals surface area contributed by atoms with Crippen molar-refractivity contribution in [3.63, 3.8) is 0 Å². The molecule has 0 spiro atoms. The number of para-hydroxylation sites is 1. The van der Waals surface area contributed by atoms with E-state index in [2.05, 4.69) is 4.98 Å². The van der Waals surface area contributed by atoms with Crippen molar-refractivity contribution in [2.75, 3.05) is 11.7 Å². The van der Waals surface area contributed by atoms with Crippen LogP contribution in [0.3, 0.4) is 0 Å². The summed E-state index contributed by atoms with van der Waals surface area (Å²) in [6, 6.07) is 21.6. The molecule has 4 nitrogen and oxygen atoms in total. The van der Waals surface area contributed by atoms with E-state index in [0.29, 0.717) is 18.3 Å². The molecule has 0 aliphatic rings. The second kappa shape index (κ2) is 9.63. The third kappa shape index (κ3) is 5.88. The van der Waals surface area contributed by atoms with Crippen LogP contribution in [0.4, 0.5) is 0 Å². The van der Waals surface area contributed by atoms with Crippen molar-refractivity contribution in [3.8, 4) is 0 Å². The van der Waals surface area contributed by atoms with Crippen molar-refractivity contribution in [1.29, 1.82) is 0 Å². The van der Waals surface area contributed by atoms with Gasteiger partial charge in [-0.1, -0.05) is 70.9 Å². The Bertz CT molecular complexity index is 933. The van der Waals surface area contributed by atoms with Crippen LogP contribution < -0.4 is 0 Å². The first kappa shape index (κ1) is 19.5. The summed E-state index contributed by atoms with van der Waals surface area (Å²) in [5, 5.41) is 11.3. The summed E-state index contributed by atoms with van der Waals surface area (Å²) in [5.74, 6) is -1.46.